The van der Waals surface area contributed by atoms with E-state index in [2.05, 4.69) is 27.1 Å². The van der Waals surface area contributed by atoms with Gasteiger partial charge in [-0.3, -0.25) is 0 Å². The van der Waals surface area contributed by atoms with Crippen molar-refractivity contribution in [3.63, 3.8) is 0 Å². The van der Waals surface area contributed by atoms with Gasteiger partial charge in [0.25, 0.3) is 0 Å². The zero-order chi connectivity index (χ0) is 5.98. The van der Waals surface area contributed by atoms with Crippen LogP contribution in [0, 0.1) is 6.92 Å². The Morgan fingerprint density at radius 3 is 2.88 bits per heavy atom. The Kier molecular flexibility index (Phi) is 2.26. The van der Waals surface area contributed by atoms with E-state index < -0.39 is 0 Å². The summed E-state index contributed by atoms with van der Waals surface area (Å²) in [6.07, 6.45) is 2.71. The molecule has 0 saturated heterocycles. The summed E-state index contributed by atoms with van der Waals surface area (Å²) in [5.41, 5.74) is 1.09. The zero-order valence-electron chi connectivity index (χ0n) is 4.43. The van der Waals surface area contributed by atoms with Crippen LogP contribution in [0.1, 0.15) is 5.69 Å². The fraction of sp³-hybridized carbons (Fsp3) is 0.250. The fourth-order valence-electron chi connectivity index (χ4n) is 0.462. The number of nitrogens with zero attached hydrogens (tertiary/aromatic N) is 2. The third kappa shape index (κ3) is 1.42. The summed E-state index contributed by atoms with van der Waals surface area (Å²) < 4.78 is 1.93. The first kappa shape index (κ1) is 6.49. The lowest BCUT2D eigenvalue weighted by atomic mass is 10.5. The van der Waals surface area contributed by atoms with E-state index in [4.69, 9.17) is 0 Å². The maximum absolute atomic E-state index is 4.15. The van der Waals surface area contributed by atoms with Gasteiger partial charge in [-0.15, -0.1) is 0 Å². The second-order valence-electron chi connectivity index (χ2n) is 1.49. The summed E-state index contributed by atoms with van der Waals surface area (Å²) in [6.45, 7) is 1.99. The lowest BCUT2D eigenvalue weighted by Crippen LogP contribution is -1.79. The molecule has 1 rings (SSSR count). The average molecular weight is 240 g/mol. The molecule has 0 spiro atoms. The van der Waals surface area contributed by atoms with Gasteiger partial charge in [-0.1, -0.05) is 0 Å². The standard InChI is InChI=1S/C4H6IN2P/c1-4-2-3-7(6-4)8-5/h2-3,8H,1H3. The van der Waals surface area contributed by atoms with Gasteiger partial charge in [0.1, 0.15) is 0 Å². The summed E-state index contributed by atoms with van der Waals surface area (Å²) in [7, 11) is 0. The topological polar surface area (TPSA) is 17.8 Å². The van der Waals surface area contributed by atoms with Crippen LogP contribution in [0.25, 0.3) is 0 Å². The van der Waals surface area contributed by atoms with Crippen LogP contribution >= 0.6 is 28.4 Å². The summed E-state index contributed by atoms with van der Waals surface area (Å²) in [5.74, 6) is 0. The molecule has 2 nitrogen and oxygen atoms in total. The molecule has 1 unspecified atom stereocenters. The largest absolute Gasteiger partial charge is 0.245 e. The van der Waals surface area contributed by atoms with Crippen LogP contribution in [0.2, 0.25) is 0 Å². The Balaban J connectivity index is 2.84. The summed E-state index contributed by atoms with van der Waals surface area (Å²) in [6, 6.07) is 2.01. The highest BCUT2D eigenvalue weighted by Crippen LogP contribution is 2.21. The quantitative estimate of drug-likeness (QED) is 0.542. The van der Waals surface area contributed by atoms with E-state index in [1.165, 1.54) is 0 Å². The molecule has 0 aromatic carbocycles. The highest BCUT2D eigenvalue weighted by atomic mass is 127. The third-order valence-electron chi connectivity index (χ3n) is 0.809. The van der Waals surface area contributed by atoms with Gasteiger partial charge in [-0.25, -0.2) is 4.45 Å². The second kappa shape index (κ2) is 2.78. The van der Waals surface area contributed by atoms with Crippen LogP contribution < -0.4 is 0 Å². The SMILES string of the molecule is Cc1ccn(PI)n1. The highest BCUT2D eigenvalue weighted by molar-refractivity contribution is 14.2. The molecule has 44 valence electrons. The number of hydrogen-bond acceptors (Lipinski definition) is 1. The van der Waals surface area contributed by atoms with Crippen molar-refractivity contribution < 1.29 is 0 Å². The van der Waals surface area contributed by atoms with Crippen LogP contribution in [0.15, 0.2) is 12.3 Å². The van der Waals surface area contributed by atoms with Crippen molar-refractivity contribution in [1.29, 1.82) is 0 Å². The number of aromatic nitrogens is 2. The first-order valence-corrected chi connectivity index (χ1v) is 6.28. The normalized spacial score (nSPS) is 11.2. The van der Waals surface area contributed by atoms with Crippen LogP contribution in [-0.2, 0) is 0 Å². The van der Waals surface area contributed by atoms with E-state index in [0.29, 0.717) is 0 Å². The van der Waals surface area contributed by atoms with Gasteiger partial charge in [-0.2, -0.15) is 5.10 Å². The van der Waals surface area contributed by atoms with Crippen molar-refractivity contribution in [1.82, 2.24) is 9.55 Å². The molecular formula is C4H6IN2P. The molecular weight excluding hydrogens is 234 g/mol. The molecule has 1 atom stereocenters. The number of hydrogen-bond donors (Lipinski definition) is 0. The molecule has 0 saturated carbocycles. The highest BCUT2D eigenvalue weighted by Gasteiger charge is 1.87. The van der Waals surface area contributed by atoms with Gasteiger partial charge < -0.3 is 0 Å². The molecule has 1 aromatic heterocycles. The predicted molar refractivity (Wildman–Crippen MR) is 44.7 cm³/mol. The van der Waals surface area contributed by atoms with Gasteiger partial charge >= 0.3 is 0 Å². The molecule has 8 heavy (non-hydrogen) atoms. The third-order valence-corrected chi connectivity index (χ3v) is 2.71. The molecule has 1 aromatic rings. The molecule has 0 aliphatic rings. The number of halogens is 1. The maximum Gasteiger partial charge on any atom is 0.0677 e. The Morgan fingerprint density at radius 1 is 1.88 bits per heavy atom. The van der Waals surface area contributed by atoms with Gasteiger partial charge in [-0.05, 0) is 35.0 Å². The molecule has 0 N–H and O–H groups in total. The Labute approximate surface area is 63.0 Å². The molecule has 0 aliphatic carbocycles. The molecule has 0 radical (unpaired) electrons. The minimum Gasteiger partial charge on any atom is -0.245 e. The Hall–Kier alpha value is 0.370. The lowest BCUT2D eigenvalue weighted by Gasteiger charge is -1.87. The minimum atomic E-state index is 0.726. The summed E-state index contributed by atoms with van der Waals surface area (Å²) in [5, 5.41) is 4.15. The summed E-state index contributed by atoms with van der Waals surface area (Å²) in [4.78, 5) is 0. The first-order valence-electron chi connectivity index (χ1n) is 2.22. The summed E-state index contributed by atoms with van der Waals surface area (Å²) >= 11 is 2.29. The van der Waals surface area contributed by atoms with Crippen LogP contribution in [0.3, 0.4) is 0 Å². The Bertz CT molecular complexity index is 174. The molecule has 1 heterocycles. The zero-order valence-corrected chi connectivity index (χ0v) is 7.58. The molecule has 0 bridgehead atoms. The van der Waals surface area contributed by atoms with Crippen LogP contribution in [-0.4, -0.2) is 9.55 Å². The first-order chi connectivity index (χ1) is 3.83. The van der Waals surface area contributed by atoms with E-state index in [0.717, 1.165) is 12.1 Å². The van der Waals surface area contributed by atoms with Gasteiger partial charge in [0.2, 0.25) is 0 Å². The lowest BCUT2D eigenvalue weighted by molar-refractivity contribution is 0.979. The smallest absolute Gasteiger partial charge is 0.0677 e. The van der Waals surface area contributed by atoms with Crippen LogP contribution in [0.4, 0.5) is 0 Å². The van der Waals surface area contributed by atoms with Gasteiger partial charge in [0.15, 0.2) is 0 Å². The van der Waals surface area contributed by atoms with Crippen molar-refractivity contribution in [2.24, 2.45) is 0 Å². The number of aryl methyl sites for hydroxylation is 1. The van der Waals surface area contributed by atoms with E-state index >= 15 is 0 Å². The second-order valence-corrected chi connectivity index (χ2v) is 3.56. The molecule has 4 heteroatoms. The monoisotopic (exact) mass is 240 g/mol. The Morgan fingerprint density at radius 2 is 2.62 bits per heavy atom. The van der Waals surface area contributed by atoms with E-state index in [1.807, 2.05) is 23.6 Å². The van der Waals surface area contributed by atoms with E-state index in [1.54, 1.807) is 0 Å². The van der Waals surface area contributed by atoms with Crippen molar-refractivity contribution in [2.45, 2.75) is 6.92 Å². The fourth-order valence-corrected chi connectivity index (χ4v) is 1.59. The van der Waals surface area contributed by atoms with E-state index in [-0.39, 0.29) is 0 Å². The van der Waals surface area contributed by atoms with Crippen molar-refractivity contribution in [3.05, 3.63) is 18.0 Å². The molecule has 0 amide bonds. The van der Waals surface area contributed by atoms with Crippen molar-refractivity contribution >= 4 is 28.4 Å². The van der Waals surface area contributed by atoms with Crippen molar-refractivity contribution in [2.75, 3.05) is 0 Å². The average Bonchev–Trinajstić information content (AvgIpc) is 2.14. The van der Waals surface area contributed by atoms with Crippen molar-refractivity contribution in [3.8, 4) is 0 Å². The van der Waals surface area contributed by atoms with Gasteiger partial charge in [0.05, 0.1) is 12.1 Å². The van der Waals surface area contributed by atoms with Crippen LogP contribution in [0.5, 0.6) is 0 Å². The molecule has 0 fully saturated rings. The minimum absolute atomic E-state index is 0.726. The molecule has 0 aliphatic heterocycles. The predicted octanol–water partition coefficient (Wildman–Crippen LogP) is 1.98. The number of rotatable bonds is 1. The van der Waals surface area contributed by atoms with E-state index in [9.17, 15) is 0 Å². The maximum atomic E-state index is 4.15. The van der Waals surface area contributed by atoms with Gasteiger partial charge in [0, 0.05) is 6.20 Å².